The number of hydrogen-bond acceptors (Lipinski definition) is 6. The Morgan fingerprint density at radius 1 is 1.25 bits per heavy atom. The molecule has 0 saturated heterocycles. The quantitative estimate of drug-likeness (QED) is 0.405. The first-order chi connectivity index (χ1) is 9.49. The summed E-state index contributed by atoms with van der Waals surface area (Å²) in [5.41, 5.74) is -1.64. The van der Waals surface area contributed by atoms with E-state index in [1.54, 1.807) is 13.8 Å². The normalized spacial score (nSPS) is 21.1. The summed E-state index contributed by atoms with van der Waals surface area (Å²) >= 11 is 0. The predicted molar refractivity (Wildman–Crippen MR) is 68.6 cm³/mol. The van der Waals surface area contributed by atoms with Crippen LogP contribution in [0.25, 0.3) is 0 Å². The molecule has 0 aromatic carbocycles. The maximum atomic E-state index is 12.1. The molecule has 0 fully saturated rings. The van der Waals surface area contributed by atoms with Crippen molar-refractivity contribution in [2.45, 2.75) is 20.3 Å². The zero-order valence-corrected chi connectivity index (χ0v) is 11.4. The van der Waals surface area contributed by atoms with Crippen LogP contribution < -0.4 is 0 Å². The highest BCUT2D eigenvalue weighted by atomic mass is 16.5. The van der Waals surface area contributed by atoms with Crippen LogP contribution in [0.4, 0.5) is 0 Å². The highest BCUT2D eigenvalue weighted by Crippen LogP contribution is 2.33. The van der Waals surface area contributed by atoms with Gasteiger partial charge in [-0.05, 0) is 26.0 Å². The van der Waals surface area contributed by atoms with Crippen molar-refractivity contribution >= 4 is 24.0 Å². The third-order valence-corrected chi connectivity index (χ3v) is 2.75. The zero-order valence-electron chi connectivity index (χ0n) is 11.4. The molecule has 0 spiro atoms. The van der Waals surface area contributed by atoms with Crippen molar-refractivity contribution in [3.05, 3.63) is 23.8 Å². The van der Waals surface area contributed by atoms with Gasteiger partial charge in [-0.2, -0.15) is 0 Å². The van der Waals surface area contributed by atoms with Gasteiger partial charge in [0.05, 0.1) is 25.2 Å². The summed E-state index contributed by atoms with van der Waals surface area (Å²) in [6, 6.07) is 0. The average Bonchev–Trinajstić information content (AvgIpc) is 2.41. The summed E-state index contributed by atoms with van der Waals surface area (Å²) in [7, 11) is 0. The lowest BCUT2D eigenvalue weighted by Gasteiger charge is -2.26. The topological polar surface area (TPSA) is 86.7 Å². The number of esters is 2. The van der Waals surface area contributed by atoms with Crippen molar-refractivity contribution in [1.29, 1.82) is 0 Å². The first-order valence-electron chi connectivity index (χ1n) is 6.23. The van der Waals surface area contributed by atoms with Crippen molar-refractivity contribution < 1.29 is 28.7 Å². The summed E-state index contributed by atoms with van der Waals surface area (Å²) in [4.78, 5) is 46.0. The van der Waals surface area contributed by atoms with E-state index in [9.17, 15) is 19.2 Å². The number of hydrogen-bond donors (Lipinski definition) is 0. The Morgan fingerprint density at radius 3 is 2.45 bits per heavy atom. The fourth-order valence-electron chi connectivity index (χ4n) is 1.83. The van der Waals surface area contributed by atoms with E-state index in [0.29, 0.717) is 6.29 Å². The first-order valence-corrected chi connectivity index (χ1v) is 6.23. The fraction of sp³-hybridized carbons (Fsp3) is 0.429. The molecule has 20 heavy (non-hydrogen) atoms. The molecule has 0 amide bonds. The molecule has 108 valence electrons. The van der Waals surface area contributed by atoms with Crippen LogP contribution in [0.2, 0.25) is 0 Å². The third-order valence-electron chi connectivity index (χ3n) is 2.75. The van der Waals surface area contributed by atoms with Crippen LogP contribution in [0.5, 0.6) is 0 Å². The van der Waals surface area contributed by atoms with Gasteiger partial charge in [0, 0.05) is 0 Å². The Bertz CT molecular complexity index is 488. The van der Waals surface area contributed by atoms with Gasteiger partial charge in [0.25, 0.3) is 0 Å². The van der Waals surface area contributed by atoms with Gasteiger partial charge in [-0.15, -0.1) is 0 Å². The fourth-order valence-corrected chi connectivity index (χ4v) is 1.83. The van der Waals surface area contributed by atoms with Crippen LogP contribution in [0.1, 0.15) is 20.3 Å². The van der Waals surface area contributed by atoms with Crippen LogP contribution in [0.15, 0.2) is 23.8 Å². The molecule has 0 radical (unpaired) electrons. The van der Waals surface area contributed by atoms with Crippen LogP contribution in [-0.2, 0) is 28.7 Å². The summed E-state index contributed by atoms with van der Waals surface area (Å²) in [5, 5.41) is 0. The maximum absolute atomic E-state index is 12.1. The molecule has 1 rings (SSSR count). The second kappa shape index (κ2) is 6.79. The van der Waals surface area contributed by atoms with Gasteiger partial charge < -0.3 is 9.47 Å². The number of carbonyl (C=O) groups excluding carboxylic acids is 4. The Kier molecular flexibility index (Phi) is 5.37. The Balaban J connectivity index is 3.14. The molecule has 0 aromatic rings. The lowest BCUT2D eigenvalue weighted by molar-refractivity contribution is -0.156. The molecular weight excluding hydrogens is 264 g/mol. The van der Waals surface area contributed by atoms with E-state index in [2.05, 4.69) is 0 Å². The standard InChI is InChI=1S/C14H16O6/c1-3-19-12(17)8-14(13(18)20-4-2)6-5-11(16)10(7-14)9-15/h5-7,9H,3-4,8H2,1-2H3. The number of aldehydes is 1. The van der Waals surface area contributed by atoms with Crippen LogP contribution in [0.3, 0.4) is 0 Å². The van der Waals surface area contributed by atoms with Gasteiger partial charge in [0.2, 0.25) is 0 Å². The molecule has 1 aliphatic rings. The molecule has 0 heterocycles. The lowest BCUT2D eigenvalue weighted by atomic mass is 9.78. The van der Waals surface area contributed by atoms with Crippen molar-refractivity contribution in [3.63, 3.8) is 0 Å². The number of allylic oxidation sites excluding steroid dienone is 2. The van der Waals surface area contributed by atoms with Gasteiger partial charge in [-0.3, -0.25) is 19.2 Å². The van der Waals surface area contributed by atoms with Gasteiger partial charge in [0.15, 0.2) is 12.1 Å². The third kappa shape index (κ3) is 3.40. The largest absolute Gasteiger partial charge is 0.466 e. The highest BCUT2D eigenvalue weighted by Gasteiger charge is 2.41. The van der Waals surface area contributed by atoms with E-state index in [1.165, 1.54) is 6.08 Å². The number of ketones is 1. The number of carbonyl (C=O) groups is 4. The van der Waals surface area contributed by atoms with Crippen LogP contribution in [-0.4, -0.2) is 37.2 Å². The lowest BCUT2D eigenvalue weighted by Crippen LogP contribution is -2.35. The summed E-state index contributed by atoms with van der Waals surface area (Å²) in [6.45, 7) is 3.56. The molecule has 0 aliphatic heterocycles. The molecule has 0 aromatic heterocycles. The molecule has 1 unspecified atom stereocenters. The van der Waals surface area contributed by atoms with Crippen LogP contribution >= 0.6 is 0 Å². The van der Waals surface area contributed by atoms with E-state index in [-0.39, 0.29) is 25.2 Å². The van der Waals surface area contributed by atoms with E-state index in [1.807, 2.05) is 0 Å². The molecule has 0 N–H and O–H groups in total. The Morgan fingerprint density at radius 2 is 1.90 bits per heavy atom. The molecule has 1 atom stereocenters. The van der Waals surface area contributed by atoms with Gasteiger partial charge in [0.1, 0.15) is 5.41 Å². The summed E-state index contributed by atoms with van der Waals surface area (Å²) < 4.78 is 9.73. The minimum absolute atomic E-state index is 0.120. The molecule has 6 nitrogen and oxygen atoms in total. The second-order valence-corrected chi connectivity index (χ2v) is 4.16. The van der Waals surface area contributed by atoms with E-state index >= 15 is 0 Å². The van der Waals surface area contributed by atoms with Crippen LogP contribution in [0, 0.1) is 5.41 Å². The zero-order chi connectivity index (χ0) is 15.2. The smallest absolute Gasteiger partial charge is 0.320 e. The molecular formula is C14H16O6. The minimum atomic E-state index is -1.47. The second-order valence-electron chi connectivity index (χ2n) is 4.16. The molecule has 1 aliphatic carbocycles. The highest BCUT2D eigenvalue weighted by molar-refractivity contribution is 6.19. The SMILES string of the molecule is CCOC(=O)CC1(C(=O)OCC)C=CC(=O)C(C=O)=C1. The minimum Gasteiger partial charge on any atom is -0.466 e. The van der Waals surface area contributed by atoms with Crippen molar-refractivity contribution in [2.24, 2.45) is 5.41 Å². The summed E-state index contributed by atoms with van der Waals surface area (Å²) in [6.07, 6.45) is 3.57. The molecule has 0 bridgehead atoms. The first kappa shape index (κ1) is 15.8. The van der Waals surface area contributed by atoms with Gasteiger partial charge in [-0.1, -0.05) is 6.08 Å². The molecule has 6 heteroatoms. The Hall–Kier alpha value is -2.24. The van der Waals surface area contributed by atoms with Gasteiger partial charge >= 0.3 is 11.9 Å². The molecule has 0 saturated carbocycles. The van der Waals surface area contributed by atoms with Crippen molar-refractivity contribution in [2.75, 3.05) is 13.2 Å². The average molecular weight is 280 g/mol. The predicted octanol–water partition coefficient (Wildman–Crippen LogP) is 0.753. The van der Waals surface area contributed by atoms with E-state index in [0.717, 1.165) is 12.2 Å². The van der Waals surface area contributed by atoms with Crippen molar-refractivity contribution in [3.8, 4) is 0 Å². The van der Waals surface area contributed by atoms with E-state index < -0.39 is 23.1 Å². The Labute approximate surface area is 116 Å². The summed E-state index contributed by atoms with van der Waals surface area (Å²) in [5.74, 6) is -1.82. The van der Waals surface area contributed by atoms with Gasteiger partial charge in [-0.25, -0.2) is 0 Å². The van der Waals surface area contributed by atoms with Crippen molar-refractivity contribution in [1.82, 2.24) is 0 Å². The number of rotatable bonds is 6. The monoisotopic (exact) mass is 280 g/mol. The van der Waals surface area contributed by atoms with E-state index in [4.69, 9.17) is 9.47 Å². The number of ether oxygens (including phenoxy) is 2. The maximum Gasteiger partial charge on any atom is 0.320 e.